The molecule has 0 aliphatic rings. The minimum Gasteiger partial charge on any atom is -0.474 e. The number of carbonyl (C=O) groups is 2. The van der Waals surface area contributed by atoms with Gasteiger partial charge < -0.3 is 19.8 Å². The van der Waals surface area contributed by atoms with Crippen LogP contribution in [-0.4, -0.2) is 35.5 Å². The van der Waals surface area contributed by atoms with Crippen LogP contribution in [0.2, 0.25) is 0 Å². The first-order valence-corrected chi connectivity index (χ1v) is 7.55. The molecule has 0 spiro atoms. The number of fused-ring (bicyclic) bond motifs is 1. The summed E-state index contributed by atoms with van der Waals surface area (Å²) in [6.07, 6.45) is 1.58. The van der Waals surface area contributed by atoms with Gasteiger partial charge in [0, 0.05) is 22.7 Å². The molecule has 6 nitrogen and oxygen atoms in total. The zero-order valence-corrected chi connectivity index (χ0v) is 14.3. The van der Waals surface area contributed by atoms with Gasteiger partial charge in [-0.1, -0.05) is 18.2 Å². The first-order chi connectivity index (χ1) is 11.2. The second-order valence-electron chi connectivity index (χ2n) is 6.35. The molecule has 1 aromatic heterocycles. The highest BCUT2D eigenvalue weighted by molar-refractivity contribution is 6.17. The summed E-state index contributed by atoms with van der Waals surface area (Å²) in [5.74, 6) is -0.993. The Labute approximate surface area is 140 Å². The van der Waals surface area contributed by atoms with Crippen LogP contribution in [0.1, 0.15) is 31.1 Å². The van der Waals surface area contributed by atoms with Crippen LogP contribution < -0.4 is 5.32 Å². The fourth-order valence-corrected chi connectivity index (χ4v) is 2.34. The number of benzene rings is 1. The van der Waals surface area contributed by atoms with E-state index in [-0.39, 0.29) is 5.88 Å². The van der Waals surface area contributed by atoms with Crippen molar-refractivity contribution in [1.29, 1.82) is 0 Å². The normalized spacial score (nSPS) is 12.5. The monoisotopic (exact) mass is 330 g/mol. The predicted molar refractivity (Wildman–Crippen MR) is 91.5 cm³/mol. The Balaban J connectivity index is 2.29. The molecular weight excluding hydrogens is 308 g/mol. The molecule has 2 rings (SSSR count). The number of H-pyrrole nitrogens is 1. The van der Waals surface area contributed by atoms with Gasteiger partial charge in [-0.25, -0.2) is 4.79 Å². The van der Waals surface area contributed by atoms with E-state index in [0.29, 0.717) is 5.56 Å². The molecule has 0 saturated carbocycles. The number of carbonyl (C=O) groups excluding carboxylic acids is 2. The summed E-state index contributed by atoms with van der Waals surface area (Å²) in [5.41, 5.74) is 0.709. The summed E-state index contributed by atoms with van der Waals surface area (Å²) >= 11 is 0. The van der Waals surface area contributed by atoms with Gasteiger partial charge in [0.1, 0.15) is 5.60 Å². The molecule has 1 atom stereocenters. The quantitative estimate of drug-likeness (QED) is 0.368. The molecule has 0 bridgehead atoms. The van der Waals surface area contributed by atoms with E-state index in [0.717, 1.165) is 10.9 Å². The Hall–Kier alpha value is -2.76. The van der Waals surface area contributed by atoms with Crippen molar-refractivity contribution in [3.63, 3.8) is 0 Å². The molecule has 1 aromatic carbocycles. The lowest BCUT2D eigenvalue weighted by molar-refractivity contribution is -0.142. The molecule has 2 N–H and O–H groups in total. The maximum absolute atomic E-state index is 12.8. The molecule has 0 saturated heterocycles. The van der Waals surface area contributed by atoms with Crippen LogP contribution in [0, 0.1) is 0 Å². The number of rotatable bonds is 6. The van der Waals surface area contributed by atoms with Gasteiger partial charge in [0.25, 0.3) is 0 Å². The fraction of sp³-hybridized carbons (Fsp3) is 0.333. The van der Waals surface area contributed by atoms with E-state index in [1.165, 1.54) is 7.11 Å². The number of methoxy groups -OCH3 is 1. The SMILES string of the molecule is C=C(NC(C(=O)OC)C(=O)c1c[nH]c2ccccc12)OC(C)(C)C. The Morgan fingerprint density at radius 1 is 1.25 bits per heavy atom. The summed E-state index contributed by atoms with van der Waals surface area (Å²) in [7, 11) is 1.23. The number of ketones is 1. The van der Waals surface area contributed by atoms with Gasteiger partial charge in [0.05, 0.1) is 7.11 Å². The van der Waals surface area contributed by atoms with Gasteiger partial charge in [-0.15, -0.1) is 0 Å². The number of hydrogen-bond acceptors (Lipinski definition) is 5. The Morgan fingerprint density at radius 2 is 1.92 bits per heavy atom. The van der Waals surface area contributed by atoms with E-state index >= 15 is 0 Å². The Bertz CT molecular complexity index is 771. The standard InChI is InChI=1S/C18H22N2O4/c1-11(24-18(2,3)4)20-15(17(22)23-5)16(21)13-10-19-14-9-7-6-8-12(13)14/h6-10,15,19-20H,1H2,2-5H3. The van der Waals surface area contributed by atoms with Crippen molar-refractivity contribution >= 4 is 22.7 Å². The van der Waals surface area contributed by atoms with Gasteiger partial charge >= 0.3 is 5.97 Å². The lowest BCUT2D eigenvalue weighted by Gasteiger charge is -2.25. The minimum atomic E-state index is -1.23. The summed E-state index contributed by atoms with van der Waals surface area (Å²) in [6.45, 7) is 9.25. The first-order valence-electron chi connectivity index (χ1n) is 7.55. The van der Waals surface area contributed by atoms with Crippen LogP contribution in [-0.2, 0) is 14.3 Å². The van der Waals surface area contributed by atoms with Crippen LogP contribution in [0.4, 0.5) is 0 Å². The van der Waals surface area contributed by atoms with Crippen molar-refractivity contribution in [2.75, 3.05) is 7.11 Å². The van der Waals surface area contributed by atoms with E-state index in [9.17, 15) is 9.59 Å². The maximum Gasteiger partial charge on any atom is 0.336 e. The number of aromatic amines is 1. The summed E-state index contributed by atoms with van der Waals surface area (Å²) in [4.78, 5) is 27.9. The average molecular weight is 330 g/mol. The van der Waals surface area contributed by atoms with Crippen molar-refractivity contribution in [3.8, 4) is 0 Å². The molecule has 0 aliphatic carbocycles. The summed E-state index contributed by atoms with van der Waals surface area (Å²) in [5, 5.41) is 3.46. The largest absolute Gasteiger partial charge is 0.474 e. The highest BCUT2D eigenvalue weighted by Gasteiger charge is 2.31. The van der Waals surface area contributed by atoms with E-state index in [1.54, 1.807) is 6.20 Å². The van der Waals surface area contributed by atoms with Crippen molar-refractivity contribution in [3.05, 3.63) is 48.5 Å². The van der Waals surface area contributed by atoms with Gasteiger partial charge in [-0.05, 0) is 33.4 Å². The van der Waals surface area contributed by atoms with Crippen LogP contribution in [0.3, 0.4) is 0 Å². The van der Waals surface area contributed by atoms with E-state index in [1.807, 2.05) is 45.0 Å². The molecule has 0 radical (unpaired) electrons. The average Bonchev–Trinajstić information content (AvgIpc) is 2.93. The lowest BCUT2D eigenvalue weighted by Crippen LogP contribution is -2.45. The molecule has 0 aliphatic heterocycles. The molecular formula is C18H22N2O4. The van der Waals surface area contributed by atoms with Crippen molar-refractivity contribution < 1.29 is 19.1 Å². The number of hydrogen-bond donors (Lipinski definition) is 2. The smallest absolute Gasteiger partial charge is 0.336 e. The number of ether oxygens (including phenoxy) is 2. The van der Waals surface area contributed by atoms with Gasteiger partial charge in [-0.3, -0.25) is 4.79 Å². The van der Waals surface area contributed by atoms with Crippen molar-refractivity contribution in [1.82, 2.24) is 10.3 Å². The van der Waals surface area contributed by atoms with Gasteiger partial charge in [0.15, 0.2) is 17.7 Å². The summed E-state index contributed by atoms with van der Waals surface area (Å²) in [6, 6.07) is 6.13. The van der Waals surface area contributed by atoms with E-state index in [4.69, 9.17) is 9.47 Å². The molecule has 24 heavy (non-hydrogen) atoms. The molecule has 0 amide bonds. The predicted octanol–water partition coefficient (Wildman–Crippen LogP) is 2.77. The molecule has 2 aromatic rings. The van der Waals surface area contributed by atoms with Crippen molar-refractivity contribution in [2.45, 2.75) is 32.4 Å². The maximum atomic E-state index is 12.8. The zero-order chi connectivity index (χ0) is 17.9. The highest BCUT2D eigenvalue weighted by Crippen LogP contribution is 2.20. The topological polar surface area (TPSA) is 80.4 Å². The molecule has 0 fully saturated rings. The second-order valence-corrected chi connectivity index (χ2v) is 6.35. The zero-order valence-electron chi connectivity index (χ0n) is 14.3. The van der Waals surface area contributed by atoms with Crippen LogP contribution in [0.5, 0.6) is 0 Å². The lowest BCUT2D eigenvalue weighted by atomic mass is 10.0. The summed E-state index contributed by atoms with van der Waals surface area (Å²) < 4.78 is 10.3. The van der Waals surface area contributed by atoms with Crippen LogP contribution in [0.25, 0.3) is 10.9 Å². The minimum absolute atomic E-state index is 0.131. The van der Waals surface area contributed by atoms with Crippen LogP contribution >= 0.6 is 0 Å². The molecule has 128 valence electrons. The third-order valence-corrected chi connectivity index (χ3v) is 3.29. The molecule has 1 unspecified atom stereocenters. The van der Waals surface area contributed by atoms with E-state index in [2.05, 4.69) is 16.9 Å². The first kappa shape index (κ1) is 17.6. The fourth-order valence-electron chi connectivity index (χ4n) is 2.34. The van der Waals surface area contributed by atoms with Gasteiger partial charge in [0.2, 0.25) is 0 Å². The second kappa shape index (κ2) is 6.78. The Morgan fingerprint density at radius 3 is 2.54 bits per heavy atom. The number of para-hydroxylation sites is 1. The van der Waals surface area contributed by atoms with E-state index < -0.39 is 23.4 Å². The molecule has 1 heterocycles. The highest BCUT2D eigenvalue weighted by atomic mass is 16.5. The number of esters is 1. The van der Waals surface area contributed by atoms with Gasteiger partial charge in [-0.2, -0.15) is 0 Å². The number of nitrogens with one attached hydrogen (secondary N) is 2. The van der Waals surface area contributed by atoms with Crippen molar-refractivity contribution in [2.24, 2.45) is 0 Å². The number of Topliss-reactive ketones (excluding diaryl/α,β-unsaturated/α-hetero) is 1. The Kier molecular flexibility index (Phi) is 4.97. The van der Waals surface area contributed by atoms with Crippen LogP contribution in [0.15, 0.2) is 42.9 Å². The molecule has 6 heteroatoms. The number of aromatic nitrogens is 1. The third-order valence-electron chi connectivity index (χ3n) is 3.29. The third kappa shape index (κ3) is 3.95.